The number of aromatic nitrogens is 2. The fourth-order valence-corrected chi connectivity index (χ4v) is 3.31. The number of carbonyl (C=O) groups is 1. The van der Waals surface area contributed by atoms with Crippen LogP contribution >= 0.6 is 0 Å². The summed E-state index contributed by atoms with van der Waals surface area (Å²) < 4.78 is 7.21. The van der Waals surface area contributed by atoms with Crippen molar-refractivity contribution in [3.05, 3.63) is 72.1 Å². The molecule has 27 heavy (non-hydrogen) atoms. The highest BCUT2D eigenvalue weighted by Gasteiger charge is 2.19. The lowest BCUT2D eigenvalue weighted by molar-refractivity contribution is 0.102. The Bertz CT molecular complexity index is 930. The first-order valence-electron chi connectivity index (χ1n) is 9.07. The first kappa shape index (κ1) is 17.3. The van der Waals surface area contributed by atoms with Gasteiger partial charge >= 0.3 is 0 Å². The minimum Gasteiger partial charge on any atom is -0.378 e. The van der Waals surface area contributed by atoms with Gasteiger partial charge in [-0.1, -0.05) is 30.3 Å². The number of para-hydroxylation sites is 3. The van der Waals surface area contributed by atoms with Gasteiger partial charge in [-0.2, -0.15) is 5.10 Å². The van der Waals surface area contributed by atoms with Crippen molar-refractivity contribution in [1.29, 1.82) is 0 Å². The van der Waals surface area contributed by atoms with Crippen LogP contribution in [0.2, 0.25) is 0 Å². The molecule has 6 heteroatoms. The quantitative estimate of drug-likeness (QED) is 0.774. The van der Waals surface area contributed by atoms with Gasteiger partial charge in [-0.25, -0.2) is 4.68 Å². The van der Waals surface area contributed by atoms with Gasteiger partial charge in [0.1, 0.15) is 0 Å². The Labute approximate surface area is 158 Å². The van der Waals surface area contributed by atoms with Crippen molar-refractivity contribution in [3.8, 4) is 5.69 Å². The molecule has 3 aromatic rings. The fourth-order valence-electron chi connectivity index (χ4n) is 3.31. The molecule has 2 heterocycles. The van der Waals surface area contributed by atoms with Crippen molar-refractivity contribution in [3.63, 3.8) is 0 Å². The van der Waals surface area contributed by atoms with Crippen molar-refractivity contribution < 1.29 is 9.53 Å². The molecule has 1 fully saturated rings. The van der Waals surface area contributed by atoms with Crippen LogP contribution in [0.4, 0.5) is 11.4 Å². The Kier molecular flexibility index (Phi) is 4.89. The van der Waals surface area contributed by atoms with Gasteiger partial charge in [-0.3, -0.25) is 4.79 Å². The summed E-state index contributed by atoms with van der Waals surface area (Å²) in [6.07, 6.45) is 1.62. The Morgan fingerprint density at radius 2 is 1.74 bits per heavy atom. The summed E-state index contributed by atoms with van der Waals surface area (Å²) in [6, 6.07) is 17.7. The van der Waals surface area contributed by atoms with E-state index in [1.807, 2.05) is 61.5 Å². The number of rotatable bonds is 4. The van der Waals surface area contributed by atoms with E-state index < -0.39 is 0 Å². The van der Waals surface area contributed by atoms with E-state index in [4.69, 9.17) is 4.74 Å². The van der Waals surface area contributed by atoms with Crippen molar-refractivity contribution in [2.45, 2.75) is 6.92 Å². The zero-order chi connectivity index (χ0) is 18.6. The summed E-state index contributed by atoms with van der Waals surface area (Å²) in [5.74, 6) is -0.157. The Hall–Kier alpha value is -3.12. The van der Waals surface area contributed by atoms with Crippen LogP contribution in [0.5, 0.6) is 0 Å². The topological polar surface area (TPSA) is 59.4 Å². The molecule has 1 amide bonds. The zero-order valence-electron chi connectivity index (χ0n) is 15.3. The van der Waals surface area contributed by atoms with Crippen LogP contribution in [0.1, 0.15) is 16.1 Å². The number of morpholine rings is 1. The molecule has 1 N–H and O–H groups in total. The Morgan fingerprint density at radius 3 is 2.52 bits per heavy atom. The Morgan fingerprint density at radius 1 is 1.04 bits per heavy atom. The predicted octanol–water partition coefficient (Wildman–Crippen LogP) is 3.27. The molecule has 0 spiro atoms. The summed E-state index contributed by atoms with van der Waals surface area (Å²) in [5, 5.41) is 7.44. The van der Waals surface area contributed by atoms with Crippen LogP contribution in [-0.4, -0.2) is 42.0 Å². The average Bonchev–Trinajstić information content (AvgIpc) is 3.11. The van der Waals surface area contributed by atoms with Crippen molar-refractivity contribution in [1.82, 2.24) is 9.78 Å². The number of anilines is 2. The molecule has 0 unspecified atom stereocenters. The standard InChI is InChI=1S/C21H22N4O2/c1-16-18(15-22-25(16)17-7-3-2-4-8-17)21(26)23-19-9-5-6-10-20(19)24-11-13-27-14-12-24/h2-10,15H,11-14H2,1H3,(H,23,26). The van der Waals surface area contributed by atoms with Gasteiger partial charge in [0.15, 0.2) is 0 Å². The molecule has 0 bridgehead atoms. The van der Waals surface area contributed by atoms with Crippen LogP contribution in [0.15, 0.2) is 60.8 Å². The van der Waals surface area contributed by atoms with Crippen LogP contribution in [0, 0.1) is 6.92 Å². The minimum atomic E-state index is -0.157. The third kappa shape index (κ3) is 3.57. The maximum absolute atomic E-state index is 12.9. The normalized spacial score (nSPS) is 14.2. The third-order valence-corrected chi connectivity index (χ3v) is 4.76. The molecular formula is C21H22N4O2. The maximum atomic E-state index is 12.9. The smallest absolute Gasteiger partial charge is 0.259 e. The van der Waals surface area contributed by atoms with Gasteiger partial charge in [-0.05, 0) is 31.2 Å². The molecule has 0 aliphatic carbocycles. The molecule has 0 atom stereocenters. The van der Waals surface area contributed by atoms with E-state index in [1.54, 1.807) is 10.9 Å². The molecule has 1 aliphatic rings. The molecule has 1 aromatic heterocycles. The molecule has 138 valence electrons. The fraction of sp³-hybridized carbons (Fsp3) is 0.238. The first-order valence-corrected chi connectivity index (χ1v) is 9.07. The summed E-state index contributed by atoms with van der Waals surface area (Å²) >= 11 is 0. The van der Waals surface area contributed by atoms with Gasteiger partial charge in [0.05, 0.1) is 47.7 Å². The van der Waals surface area contributed by atoms with Crippen LogP contribution in [0.3, 0.4) is 0 Å². The van der Waals surface area contributed by atoms with Crippen molar-refractivity contribution in [2.24, 2.45) is 0 Å². The highest BCUT2D eigenvalue weighted by molar-refractivity contribution is 6.06. The van der Waals surface area contributed by atoms with Crippen molar-refractivity contribution >= 4 is 17.3 Å². The lowest BCUT2D eigenvalue weighted by Gasteiger charge is -2.30. The highest BCUT2D eigenvalue weighted by Crippen LogP contribution is 2.27. The van der Waals surface area contributed by atoms with Crippen LogP contribution in [0.25, 0.3) is 5.69 Å². The van der Waals surface area contributed by atoms with Gasteiger partial charge < -0.3 is 15.0 Å². The van der Waals surface area contributed by atoms with E-state index in [-0.39, 0.29) is 5.91 Å². The summed E-state index contributed by atoms with van der Waals surface area (Å²) in [6.45, 7) is 4.94. The number of nitrogens with zero attached hydrogens (tertiary/aromatic N) is 3. The van der Waals surface area contributed by atoms with Gasteiger partial charge in [0.25, 0.3) is 5.91 Å². The van der Waals surface area contributed by atoms with Crippen LogP contribution in [-0.2, 0) is 4.74 Å². The number of benzene rings is 2. The van der Waals surface area contributed by atoms with E-state index in [1.165, 1.54) is 0 Å². The lowest BCUT2D eigenvalue weighted by Crippen LogP contribution is -2.36. The average molecular weight is 362 g/mol. The number of amides is 1. The molecule has 1 saturated heterocycles. The van der Waals surface area contributed by atoms with Gasteiger partial charge in [-0.15, -0.1) is 0 Å². The van der Waals surface area contributed by atoms with E-state index in [9.17, 15) is 4.79 Å². The summed E-state index contributed by atoms with van der Waals surface area (Å²) in [7, 11) is 0. The molecule has 1 aliphatic heterocycles. The number of hydrogen-bond donors (Lipinski definition) is 1. The van der Waals surface area contributed by atoms with E-state index in [0.717, 1.165) is 35.8 Å². The second-order valence-corrected chi connectivity index (χ2v) is 6.46. The Balaban J connectivity index is 1.58. The van der Waals surface area contributed by atoms with E-state index in [2.05, 4.69) is 15.3 Å². The molecule has 0 radical (unpaired) electrons. The highest BCUT2D eigenvalue weighted by atomic mass is 16.5. The second-order valence-electron chi connectivity index (χ2n) is 6.46. The molecule has 6 nitrogen and oxygen atoms in total. The lowest BCUT2D eigenvalue weighted by atomic mass is 10.2. The second kappa shape index (κ2) is 7.63. The monoisotopic (exact) mass is 362 g/mol. The van der Waals surface area contributed by atoms with E-state index in [0.29, 0.717) is 18.8 Å². The largest absolute Gasteiger partial charge is 0.378 e. The summed E-state index contributed by atoms with van der Waals surface area (Å²) in [4.78, 5) is 15.1. The SMILES string of the molecule is Cc1c(C(=O)Nc2ccccc2N2CCOCC2)cnn1-c1ccccc1. The molecule has 2 aromatic carbocycles. The molecule has 4 rings (SSSR count). The van der Waals surface area contributed by atoms with Gasteiger partial charge in [0.2, 0.25) is 0 Å². The molecular weight excluding hydrogens is 340 g/mol. The first-order chi connectivity index (χ1) is 13.2. The molecule has 0 saturated carbocycles. The number of carbonyl (C=O) groups excluding carboxylic acids is 1. The van der Waals surface area contributed by atoms with Crippen LogP contribution < -0.4 is 10.2 Å². The number of nitrogens with one attached hydrogen (secondary N) is 1. The minimum absolute atomic E-state index is 0.157. The van der Waals surface area contributed by atoms with E-state index >= 15 is 0 Å². The number of hydrogen-bond acceptors (Lipinski definition) is 4. The zero-order valence-corrected chi connectivity index (χ0v) is 15.3. The van der Waals surface area contributed by atoms with Crippen molar-refractivity contribution in [2.75, 3.05) is 36.5 Å². The predicted molar refractivity (Wildman–Crippen MR) is 106 cm³/mol. The summed E-state index contributed by atoms with van der Waals surface area (Å²) in [5.41, 5.74) is 4.12. The maximum Gasteiger partial charge on any atom is 0.259 e. The third-order valence-electron chi connectivity index (χ3n) is 4.76. The number of ether oxygens (including phenoxy) is 1. The van der Waals surface area contributed by atoms with Gasteiger partial charge in [0, 0.05) is 13.1 Å².